The van der Waals surface area contributed by atoms with E-state index in [9.17, 15) is 19.5 Å². The van der Waals surface area contributed by atoms with Gasteiger partial charge in [0.1, 0.15) is 0 Å². The van der Waals surface area contributed by atoms with E-state index in [4.69, 9.17) is 15.9 Å². The van der Waals surface area contributed by atoms with Gasteiger partial charge in [-0.3, -0.25) is 19.8 Å². The van der Waals surface area contributed by atoms with Crippen LogP contribution in [0.1, 0.15) is 73.1 Å². The number of carboxylic acid groups (broad SMARTS) is 1. The third-order valence-corrected chi connectivity index (χ3v) is 6.57. The Hall–Kier alpha value is -2.36. The highest BCUT2D eigenvalue weighted by Crippen LogP contribution is 2.38. The van der Waals surface area contributed by atoms with Gasteiger partial charge < -0.3 is 31.5 Å². The van der Waals surface area contributed by atoms with Crippen molar-refractivity contribution in [1.82, 2.24) is 16.0 Å². The van der Waals surface area contributed by atoms with Crippen molar-refractivity contribution in [2.24, 2.45) is 23.5 Å². The molecule has 0 heterocycles. The maximum Gasteiger partial charge on any atom is 0.308 e. The normalized spacial score (nSPS) is 24.2. The van der Waals surface area contributed by atoms with Crippen LogP contribution in [0.3, 0.4) is 0 Å². The van der Waals surface area contributed by atoms with Crippen molar-refractivity contribution in [2.75, 3.05) is 6.61 Å². The monoisotopic (exact) mass is 469 g/mol. The molecular formula is C23H43N5O5. The first kappa shape index (κ1) is 28.7. The third-order valence-electron chi connectivity index (χ3n) is 6.57. The lowest BCUT2D eigenvalue weighted by Gasteiger charge is -2.38. The molecule has 190 valence electrons. The van der Waals surface area contributed by atoms with E-state index in [0.717, 1.165) is 25.7 Å². The van der Waals surface area contributed by atoms with Gasteiger partial charge in [-0.1, -0.05) is 40.0 Å². The fourth-order valence-electron chi connectivity index (χ4n) is 5.04. The molecule has 0 bridgehead atoms. The quantitative estimate of drug-likeness (QED) is 0.166. The summed E-state index contributed by atoms with van der Waals surface area (Å²) in [6, 6.07) is -1.59. The Morgan fingerprint density at radius 2 is 1.82 bits per heavy atom. The summed E-state index contributed by atoms with van der Waals surface area (Å²) < 4.78 is 5.67. The minimum absolute atomic E-state index is 0.0527. The summed E-state index contributed by atoms with van der Waals surface area (Å²) in [5, 5.41) is 26.4. The highest BCUT2D eigenvalue weighted by atomic mass is 16.5. The Kier molecular flexibility index (Phi) is 12.2. The Labute approximate surface area is 197 Å². The zero-order chi connectivity index (χ0) is 25.1. The third kappa shape index (κ3) is 8.83. The van der Waals surface area contributed by atoms with Gasteiger partial charge in [0.25, 0.3) is 0 Å². The molecule has 1 aliphatic rings. The van der Waals surface area contributed by atoms with Crippen molar-refractivity contribution in [3.05, 3.63) is 0 Å². The van der Waals surface area contributed by atoms with Crippen LogP contribution in [0.4, 0.5) is 0 Å². The predicted molar refractivity (Wildman–Crippen MR) is 127 cm³/mol. The van der Waals surface area contributed by atoms with Gasteiger partial charge in [0.2, 0.25) is 11.8 Å². The summed E-state index contributed by atoms with van der Waals surface area (Å²) in [7, 11) is 0. The highest BCUT2D eigenvalue weighted by molar-refractivity contribution is 5.80. The number of carbonyl (C=O) groups is 3. The highest BCUT2D eigenvalue weighted by Gasteiger charge is 2.52. The van der Waals surface area contributed by atoms with Crippen LogP contribution in [0.5, 0.6) is 0 Å². The molecule has 10 heteroatoms. The van der Waals surface area contributed by atoms with Crippen LogP contribution in [-0.2, 0) is 19.1 Å². The number of nitrogens with two attached hydrogens (primary N) is 1. The Morgan fingerprint density at radius 3 is 2.30 bits per heavy atom. The van der Waals surface area contributed by atoms with Gasteiger partial charge in [-0.25, -0.2) is 0 Å². The van der Waals surface area contributed by atoms with Gasteiger partial charge >= 0.3 is 5.97 Å². The summed E-state index contributed by atoms with van der Waals surface area (Å²) in [6.45, 7) is 9.73. The lowest BCUT2D eigenvalue weighted by atomic mass is 9.79. The molecule has 0 aliphatic heterocycles. The number of amides is 2. The molecule has 1 saturated carbocycles. The maximum atomic E-state index is 12.8. The first-order valence-corrected chi connectivity index (χ1v) is 12.1. The molecular weight excluding hydrogens is 426 g/mol. The zero-order valence-corrected chi connectivity index (χ0v) is 20.6. The van der Waals surface area contributed by atoms with Crippen LogP contribution in [0, 0.1) is 23.2 Å². The average Bonchev–Trinajstić information content (AvgIpc) is 3.05. The number of hydrogen-bond donors (Lipinski definition) is 6. The Bertz CT molecular complexity index is 670. The maximum absolute atomic E-state index is 12.8. The number of carboxylic acids is 1. The second-order valence-electron chi connectivity index (χ2n) is 9.04. The van der Waals surface area contributed by atoms with Crippen LogP contribution < -0.4 is 21.7 Å². The van der Waals surface area contributed by atoms with Gasteiger partial charge in [0.05, 0.1) is 18.6 Å². The van der Waals surface area contributed by atoms with E-state index in [-0.39, 0.29) is 55.3 Å². The van der Waals surface area contributed by atoms with Crippen molar-refractivity contribution < 1.29 is 24.2 Å². The molecule has 0 aromatic carbocycles. The van der Waals surface area contributed by atoms with E-state index in [0.29, 0.717) is 0 Å². The second-order valence-corrected chi connectivity index (χ2v) is 9.04. The molecule has 33 heavy (non-hydrogen) atoms. The summed E-state index contributed by atoms with van der Waals surface area (Å²) in [6.07, 6.45) is 3.78. The zero-order valence-electron chi connectivity index (χ0n) is 20.6. The van der Waals surface area contributed by atoms with Crippen LogP contribution in [0.25, 0.3) is 0 Å². The Morgan fingerprint density at radius 1 is 1.18 bits per heavy atom. The van der Waals surface area contributed by atoms with E-state index in [1.165, 1.54) is 6.92 Å². The lowest BCUT2D eigenvalue weighted by Crippen LogP contribution is -2.58. The molecule has 2 amide bonds. The fraction of sp³-hybridized carbons (Fsp3) is 0.826. The largest absolute Gasteiger partial charge is 0.481 e. The average molecular weight is 470 g/mol. The first-order chi connectivity index (χ1) is 15.5. The number of aliphatic carboxylic acids is 1. The van der Waals surface area contributed by atoms with Crippen molar-refractivity contribution in [1.29, 1.82) is 5.41 Å². The van der Waals surface area contributed by atoms with E-state index in [2.05, 4.69) is 22.9 Å². The SMILES string of the molecule is CCCC(C)OCCC(=O)N[C@H]1[C@@H]([C@H](NC(C)=O)C(CC)CC)[C@H](NC(=N)N)C[C@@H]1C(=O)O. The van der Waals surface area contributed by atoms with Gasteiger partial charge in [-0.15, -0.1) is 0 Å². The van der Waals surface area contributed by atoms with E-state index in [1.807, 2.05) is 20.8 Å². The van der Waals surface area contributed by atoms with Crippen molar-refractivity contribution in [3.8, 4) is 0 Å². The number of nitrogens with one attached hydrogen (secondary N) is 4. The standard InChI is InChI=1S/C23H43N5O5/c1-6-9-13(4)33-11-10-18(30)28-21-16(22(31)32)12-17(27-23(24)25)19(21)20(26-14(5)29)15(7-2)8-3/h13,15-17,19-21H,6-12H2,1-5H3,(H,26,29)(H,28,30)(H,31,32)(H4,24,25,27)/t13?,16-,17+,19+,20+,21+/m0/s1. The predicted octanol–water partition coefficient (Wildman–Crippen LogP) is 1.58. The summed E-state index contributed by atoms with van der Waals surface area (Å²) in [4.78, 5) is 37.0. The number of hydrogen-bond acceptors (Lipinski definition) is 5. The summed E-state index contributed by atoms with van der Waals surface area (Å²) >= 11 is 0. The van der Waals surface area contributed by atoms with Crippen molar-refractivity contribution in [3.63, 3.8) is 0 Å². The van der Waals surface area contributed by atoms with Gasteiger partial charge in [0, 0.05) is 37.4 Å². The lowest BCUT2D eigenvalue weighted by molar-refractivity contribution is -0.142. The molecule has 0 aromatic rings. The van der Waals surface area contributed by atoms with Crippen LogP contribution in [0.15, 0.2) is 0 Å². The van der Waals surface area contributed by atoms with Gasteiger partial charge in [-0.05, 0) is 25.7 Å². The van der Waals surface area contributed by atoms with Crippen LogP contribution in [0.2, 0.25) is 0 Å². The second kappa shape index (κ2) is 14.0. The van der Waals surface area contributed by atoms with Gasteiger partial charge in [-0.2, -0.15) is 0 Å². The molecule has 1 unspecified atom stereocenters. The van der Waals surface area contributed by atoms with Crippen LogP contribution >= 0.6 is 0 Å². The molecule has 10 nitrogen and oxygen atoms in total. The molecule has 6 atom stereocenters. The first-order valence-electron chi connectivity index (χ1n) is 12.1. The number of guanidine groups is 1. The minimum Gasteiger partial charge on any atom is -0.481 e. The number of carbonyl (C=O) groups excluding carboxylic acids is 2. The minimum atomic E-state index is -1.03. The van der Waals surface area contributed by atoms with Gasteiger partial charge in [0.15, 0.2) is 5.96 Å². The molecule has 7 N–H and O–H groups in total. The smallest absolute Gasteiger partial charge is 0.308 e. The summed E-state index contributed by atoms with van der Waals surface area (Å²) in [5.74, 6) is -3.08. The molecule has 1 rings (SSSR count). The van der Waals surface area contributed by atoms with Crippen molar-refractivity contribution in [2.45, 2.75) is 97.4 Å². The molecule has 0 radical (unpaired) electrons. The topological polar surface area (TPSA) is 167 Å². The molecule has 0 aromatic heterocycles. The van der Waals surface area contributed by atoms with Crippen molar-refractivity contribution >= 4 is 23.7 Å². The molecule has 1 aliphatic carbocycles. The summed E-state index contributed by atoms with van der Waals surface area (Å²) in [5.41, 5.74) is 5.60. The number of ether oxygens (including phenoxy) is 1. The fourth-order valence-corrected chi connectivity index (χ4v) is 5.04. The van der Waals surface area contributed by atoms with E-state index in [1.54, 1.807) is 0 Å². The molecule has 0 spiro atoms. The van der Waals surface area contributed by atoms with E-state index < -0.39 is 29.9 Å². The number of rotatable bonds is 14. The van der Waals surface area contributed by atoms with E-state index >= 15 is 0 Å². The molecule has 0 saturated heterocycles. The van der Waals surface area contributed by atoms with Crippen LogP contribution in [-0.4, -0.2) is 59.7 Å². The Balaban J connectivity index is 3.18. The molecule has 1 fully saturated rings.